The van der Waals surface area contributed by atoms with Crippen LogP contribution >= 0.6 is 23.2 Å². The van der Waals surface area contributed by atoms with Crippen LogP contribution in [0.1, 0.15) is 25.7 Å². The molecule has 1 unspecified atom stereocenters. The molecular weight excluding hydrogens is 469 g/mol. The van der Waals surface area contributed by atoms with Gasteiger partial charge >= 0.3 is 6.09 Å². The fourth-order valence-corrected chi connectivity index (χ4v) is 4.77. The predicted octanol–water partition coefficient (Wildman–Crippen LogP) is 3.56. The van der Waals surface area contributed by atoms with Crippen molar-refractivity contribution in [2.24, 2.45) is 5.92 Å². The molecule has 2 fully saturated rings. The lowest BCUT2D eigenvalue weighted by Crippen LogP contribution is -2.53. The summed E-state index contributed by atoms with van der Waals surface area (Å²) in [5.41, 5.74) is 0.657. The van der Waals surface area contributed by atoms with Crippen molar-refractivity contribution in [3.05, 3.63) is 34.1 Å². The molecule has 2 saturated heterocycles. The number of benzene rings is 1. The molecule has 0 saturated carbocycles. The summed E-state index contributed by atoms with van der Waals surface area (Å²) in [4.78, 5) is 35.1. The van der Waals surface area contributed by atoms with Gasteiger partial charge in [0, 0.05) is 43.3 Å². The van der Waals surface area contributed by atoms with Gasteiger partial charge in [0.2, 0.25) is 17.6 Å². The Morgan fingerprint density at radius 1 is 1.15 bits per heavy atom. The van der Waals surface area contributed by atoms with E-state index in [0.29, 0.717) is 73.2 Å². The molecule has 3 heterocycles. The molecule has 2 aliphatic heterocycles. The first-order chi connectivity index (χ1) is 15.9. The molecule has 2 aliphatic rings. The van der Waals surface area contributed by atoms with Crippen LogP contribution in [-0.4, -0.2) is 82.7 Å². The Labute approximate surface area is 202 Å². The Bertz CT molecular complexity index is 993. The summed E-state index contributed by atoms with van der Waals surface area (Å²) in [6, 6.07) is 5.13. The van der Waals surface area contributed by atoms with E-state index in [9.17, 15) is 9.59 Å². The van der Waals surface area contributed by atoms with Gasteiger partial charge in [0.25, 0.3) is 0 Å². The van der Waals surface area contributed by atoms with E-state index in [1.807, 2.05) is 4.90 Å². The molecule has 1 aromatic carbocycles. The van der Waals surface area contributed by atoms with Crippen molar-refractivity contribution in [2.75, 3.05) is 45.9 Å². The molecule has 4 rings (SSSR count). The van der Waals surface area contributed by atoms with Crippen LogP contribution in [0.3, 0.4) is 0 Å². The number of ether oxygens (including phenoxy) is 1. The van der Waals surface area contributed by atoms with Gasteiger partial charge in [0.05, 0.1) is 24.1 Å². The van der Waals surface area contributed by atoms with Gasteiger partial charge in [-0.3, -0.25) is 9.69 Å². The van der Waals surface area contributed by atoms with Crippen LogP contribution in [0, 0.1) is 5.92 Å². The van der Waals surface area contributed by atoms with Crippen molar-refractivity contribution in [1.29, 1.82) is 0 Å². The van der Waals surface area contributed by atoms with Crippen molar-refractivity contribution in [1.82, 2.24) is 24.8 Å². The Morgan fingerprint density at radius 3 is 2.64 bits per heavy atom. The van der Waals surface area contributed by atoms with Gasteiger partial charge in [-0.25, -0.2) is 4.79 Å². The standard InChI is InChI=1S/C22H27Cl2N5O4/c1-2-32-22(31)29-10-8-28(9-11-29)21(30)15-4-3-7-27(13-15)14-19-25-20(26-33-19)17-6-5-16(23)12-18(17)24/h5-6,12,15H,2-4,7-11,13-14H2,1H3. The van der Waals surface area contributed by atoms with E-state index in [0.717, 1.165) is 19.4 Å². The first kappa shape index (κ1) is 23.8. The second-order valence-electron chi connectivity index (χ2n) is 8.22. The maximum Gasteiger partial charge on any atom is 0.409 e. The Hall–Kier alpha value is -2.36. The van der Waals surface area contributed by atoms with Crippen LogP contribution < -0.4 is 0 Å². The molecule has 2 aromatic rings. The number of piperazine rings is 1. The van der Waals surface area contributed by atoms with Crippen molar-refractivity contribution < 1.29 is 18.8 Å². The van der Waals surface area contributed by atoms with Gasteiger partial charge in [0.15, 0.2) is 0 Å². The highest BCUT2D eigenvalue weighted by molar-refractivity contribution is 6.36. The minimum absolute atomic E-state index is 0.0824. The Morgan fingerprint density at radius 2 is 1.91 bits per heavy atom. The number of hydrogen-bond donors (Lipinski definition) is 0. The molecule has 9 nitrogen and oxygen atoms in total. The topological polar surface area (TPSA) is 92.0 Å². The zero-order valence-corrected chi connectivity index (χ0v) is 20.0. The predicted molar refractivity (Wildman–Crippen MR) is 123 cm³/mol. The molecule has 1 aromatic heterocycles. The lowest BCUT2D eigenvalue weighted by atomic mass is 9.96. The second-order valence-corrected chi connectivity index (χ2v) is 9.07. The quantitative estimate of drug-likeness (QED) is 0.625. The van der Waals surface area contributed by atoms with Crippen molar-refractivity contribution in [2.45, 2.75) is 26.3 Å². The molecule has 1 atom stereocenters. The van der Waals surface area contributed by atoms with Crippen molar-refractivity contribution >= 4 is 35.2 Å². The number of carbonyl (C=O) groups is 2. The monoisotopic (exact) mass is 495 g/mol. The number of aromatic nitrogens is 2. The average Bonchev–Trinajstić information content (AvgIpc) is 3.27. The van der Waals surface area contributed by atoms with E-state index in [4.69, 9.17) is 32.5 Å². The number of carbonyl (C=O) groups excluding carboxylic acids is 2. The number of likely N-dealkylation sites (tertiary alicyclic amines) is 1. The van der Waals surface area contributed by atoms with Crippen LogP contribution in [0.4, 0.5) is 4.79 Å². The first-order valence-electron chi connectivity index (χ1n) is 11.2. The molecule has 0 spiro atoms. The van der Waals surface area contributed by atoms with E-state index in [-0.39, 0.29) is 17.9 Å². The second kappa shape index (κ2) is 10.7. The van der Waals surface area contributed by atoms with Gasteiger partial charge in [-0.1, -0.05) is 28.4 Å². The lowest BCUT2D eigenvalue weighted by molar-refractivity contribution is -0.139. The highest BCUT2D eigenvalue weighted by atomic mass is 35.5. The van der Waals surface area contributed by atoms with Crippen molar-refractivity contribution in [3.8, 4) is 11.4 Å². The molecule has 178 valence electrons. The molecule has 33 heavy (non-hydrogen) atoms. The molecule has 0 bridgehead atoms. The molecule has 0 N–H and O–H groups in total. The van der Waals surface area contributed by atoms with Gasteiger partial charge in [-0.05, 0) is 44.5 Å². The summed E-state index contributed by atoms with van der Waals surface area (Å²) in [5.74, 6) is 0.950. The van der Waals surface area contributed by atoms with Crippen LogP contribution in [0.2, 0.25) is 10.0 Å². The van der Waals surface area contributed by atoms with E-state index >= 15 is 0 Å². The highest BCUT2D eigenvalue weighted by Gasteiger charge is 2.32. The molecule has 0 radical (unpaired) electrons. The zero-order valence-electron chi connectivity index (χ0n) is 18.5. The van der Waals surface area contributed by atoms with E-state index < -0.39 is 0 Å². The Balaban J connectivity index is 1.31. The molecule has 2 amide bonds. The molecule has 0 aliphatic carbocycles. The third kappa shape index (κ3) is 5.77. The highest BCUT2D eigenvalue weighted by Crippen LogP contribution is 2.29. The first-order valence-corrected chi connectivity index (χ1v) is 11.9. The van der Waals surface area contributed by atoms with Crippen LogP contribution in [-0.2, 0) is 16.1 Å². The SMILES string of the molecule is CCOC(=O)N1CCN(C(=O)C2CCCN(Cc3nc(-c4ccc(Cl)cc4Cl)no3)C2)CC1. The number of nitrogens with zero attached hydrogens (tertiary/aromatic N) is 5. The summed E-state index contributed by atoms with van der Waals surface area (Å²) in [6.07, 6.45) is 1.46. The van der Waals surface area contributed by atoms with Crippen LogP contribution in [0.5, 0.6) is 0 Å². The normalized spacial score (nSPS) is 19.5. The van der Waals surface area contributed by atoms with E-state index in [1.54, 1.807) is 30.0 Å². The summed E-state index contributed by atoms with van der Waals surface area (Å²) >= 11 is 12.2. The average molecular weight is 496 g/mol. The van der Waals surface area contributed by atoms with Crippen molar-refractivity contribution in [3.63, 3.8) is 0 Å². The molecule has 11 heteroatoms. The van der Waals surface area contributed by atoms with Gasteiger partial charge < -0.3 is 19.1 Å². The minimum atomic E-state index is -0.313. The number of halogens is 2. The third-order valence-corrected chi connectivity index (χ3v) is 6.52. The largest absolute Gasteiger partial charge is 0.450 e. The van der Waals surface area contributed by atoms with Gasteiger partial charge in [0.1, 0.15) is 0 Å². The van der Waals surface area contributed by atoms with E-state index in [2.05, 4.69) is 15.0 Å². The van der Waals surface area contributed by atoms with E-state index in [1.165, 1.54) is 0 Å². The number of amides is 2. The summed E-state index contributed by atoms with van der Waals surface area (Å²) < 4.78 is 10.5. The maximum absolute atomic E-state index is 13.1. The summed E-state index contributed by atoms with van der Waals surface area (Å²) in [6.45, 7) is 6.16. The zero-order chi connectivity index (χ0) is 23.4. The van der Waals surface area contributed by atoms with Crippen LogP contribution in [0.25, 0.3) is 11.4 Å². The fourth-order valence-electron chi connectivity index (χ4n) is 4.27. The summed E-state index contributed by atoms with van der Waals surface area (Å²) in [7, 11) is 0. The smallest absolute Gasteiger partial charge is 0.409 e. The van der Waals surface area contributed by atoms with Gasteiger partial charge in [-0.15, -0.1) is 0 Å². The Kier molecular flexibility index (Phi) is 7.72. The number of hydrogen-bond acceptors (Lipinski definition) is 7. The minimum Gasteiger partial charge on any atom is -0.450 e. The lowest BCUT2D eigenvalue weighted by Gasteiger charge is -2.38. The van der Waals surface area contributed by atoms with Crippen LogP contribution in [0.15, 0.2) is 22.7 Å². The summed E-state index contributed by atoms with van der Waals surface area (Å²) in [5, 5.41) is 5.05. The number of rotatable bonds is 5. The van der Waals surface area contributed by atoms with Gasteiger partial charge in [-0.2, -0.15) is 4.98 Å². The fraction of sp³-hybridized carbons (Fsp3) is 0.545. The molecular formula is C22H27Cl2N5O4. The third-order valence-electron chi connectivity index (χ3n) is 5.97. The maximum atomic E-state index is 13.1. The number of piperidine rings is 1.